The Labute approximate surface area is 146 Å². The Bertz CT molecular complexity index is 725. The van der Waals surface area contributed by atoms with Gasteiger partial charge in [0.15, 0.2) is 0 Å². The van der Waals surface area contributed by atoms with Gasteiger partial charge in [-0.15, -0.1) is 0 Å². The SMILES string of the molecule is Cc1cnn(CCC(=O)N(CC(=O)Nc2ccc(F)cc2)C(C)C)c1. The van der Waals surface area contributed by atoms with Crippen molar-refractivity contribution in [2.24, 2.45) is 0 Å². The average molecular weight is 346 g/mol. The molecule has 6 nitrogen and oxygen atoms in total. The number of halogens is 1. The first-order valence-corrected chi connectivity index (χ1v) is 8.19. The molecule has 1 heterocycles. The number of hydrogen-bond acceptors (Lipinski definition) is 3. The largest absolute Gasteiger partial charge is 0.331 e. The van der Waals surface area contributed by atoms with E-state index in [2.05, 4.69) is 10.4 Å². The van der Waals surface area contributed by atoms with Crippen LogP contribution in [-0.4, -0.2) is 39.1 Å². The van der Waals surface area contributed by atoms with E-state index in [1.165, 1.54) is 29.2 Å². The molecule has 0 saturated heterocycles. The highest BCUT2D eigenvalue weighted by Gasteiger charge is 2.20. The maximum atomic E-state index is 12.9. The van der Waals surface area contributed by atoms with Gasteiger partial charge in [0.1, 0.15) is 12.4 Å². The Kier molecular flexibility index (Phi) is 6.27. The van der Waals surface area contributed by atoms with Crippen LogP contribution in [0.4, 0.5) is 10.1 Å². The van der Waals surface area contributed by atoms with Crippen LogP contribution in [0.1, 0.15) is 25.8 Å². The molecule has 0 unspecified atom stereocenters. The summed E-state index contributed by atoms with van der Waals surface area (Å²) >= 11 is 0. The van der Waals surface area contributed by atoms with Crippen molar-refractivity contribution < 1.29 is 14.0 Å². The molecular weight excluding hydrogens is 323 g/mol. The number of carbonyl (C=O) groups is 2. The van der Waals surface area contributed by atoms with Gasteiger partial charge in [0.2, 0.25) is 11.8 Å². The second-order valence-corrected chi connectivity index (χ2v) is 6.20. The number of aryl methyl sites for hydroxylation is 2. The van der Waals surface area contributed by atoms with Crippen LogP contribution in [0, 0.1) is 12.7 Å². The molecule has 0 aliphatic rings. The van der Waals surface area contributed by atoms with Crippen molar-refractivity contribution in [2.45, 2.75) is 39.8 Å². The minimum Gasteiger partial charge on any atom is -0.331 e. The Hall–Kier alpha value is -2.70. The minimum absolute atomic E-state index is 0.0496. The standard InChI is InChI=1S/C18H23FN4O2/c1-13(2)23(18(25)8-9-22-11-14(3)10-20-22)12-17(24)21-16-6-4-15(19)5-7-16/h4-7,10-11,13H,8-9,12H2,1-3H3,(H,21,24). The first-order valence-electron chi connectivity index (χ1n) is 8.19. The highest BCUT2D eigenvalue weighted by atomic mass is 19.1. The smallest absolute Gasteiger partial charge is 0.244 e. The summed E-state index contributed by atoms with van der Waals surface area (Å²) in [4.78, 5) is 26.2. The van der Waals surface area contributed by atoms with Crippen molar-refractivity contribution in [3.05, 3.63) is 48.0 Å². The van der Waals surface area contributed by atoms with Crippen molar-refractivity contribution in [2.75, 3.05) is 11.9 Å². The number of nitrogens with one attached hydrogen (secondary N) is 1. The Morgan fingerprint density at radius 2 is 1.96 bits per heavy atom. The van der Waals surface area contributed by atoms with Crippen LogP contribution in [0.25, 0.3) is 0 Å². The third-order valence-corrected chi connectivity index (χ3v) is 3.70. The lowest BCUT2D eigenvalue weighted by atomic mass is 10.2. The first-order chi connectivity index (χ1) is 11.8. The fraction of sp³-hybridized carbons (Fsp3) is 0.389. The zero-order chi connectivity index (χ0) is 18.4. The molecule has 2 aromatic rings. The highest BCUT2D eigenvalue weighted by molar-refractivity contribution is 5.94. The van der Waals surface area contributed by atoms with Crippen LogP contribution in [-0.2, 0) is 16.1 Å². The van der Waals surface area contributed by atoms with E-state index in [1.54, 1.807) is 10.9 Å². The summed E-state index contributed by atoms with van der Waals surface area (Å²) in [6.07, 6.45) is 3.87. The number of aromatic nitrogens is 2. The normalized spacial score (nSPS) is 10.8. The second kappa shape index (κ2) is 8.41. The Morgan fingerprint density at radius 3 is 2.52 bits per heavy atom. The molecule has 25 heavy (non-hydrogen) atoms. The fourth-order valence-electron chi connectivity index (χ4n) is 2.39. The molecule has 2 amide bonds. The van der Waals surface area contributed by atoms with Gasteiger partial charge in [-0.25, -0.2) is 4.39 Å². The summed E-state index contributed by atoms with van der Waals surface area (Å²) in [5.41, 5.74) is 1.53. The zero-order valence-electron chi connectivity index (χ0n) is 14.7. The molecule has 0 aliphatic carbocycles. The molecule has 2 rings (SSSR count). The van der Waals surface area contributed by atoms with E-state index >= 15 is 0 Å². The third kappa shape index (κ3) is 5.70. The molecule has 0 aliphatic heterocycles. The Balaban J connectivity index is 1.91. The molecule has 1 aromatic heterocycles. The van der Waals surface area contributed by atoms with Crippen LogP contribution < -0.4 is 5.32 Å². The lowest BCUT2D eigenvalue weighted by Crippen LogP contribution is -2.42. The molecule has 0 fully saturated rings. The lowest BCUT2D eigenvalue weighted by molar-refractivity contribution is -0.136. The molecule has 134 valence electrons. The van der Waals surface area contributed by atoms with Crippen LogP contribution >= 0.6 is 0 Å². The molecule has 0 bridgehead atoms. The van der Waals surface area contributed by atoms with Gasteiger partial charge in [-0.05, 0) is 50.6 Å². The highest BCUT2D eigenvalue weighted by Crippen LogP contribution is 2.09. The van der Waals surface area contributed by atoms with Crippen molar-refractivity contribution in [1.29, 1.82) is 0 Å². The van der Waals surface area contributed by atoms with Gasteiger partial charge < -0.3 is 10.2 Å². The van der Waals surface area contributed by atoms with E-state index < -0.39 is 0 Å². The lowest BCUT2D eigenvalue weighted by Gasteiger charge is -2.26. The van der Waals surface area contributed by atoms with Gasteiger partial charge in [0, 0.05) is 30.9 Å². The minimum atomic E-state index is -0.370. The van der Waals surface area contributed by atoms with Gasteiger partial charge in [-0.3, -0.25) is 14.3 Å². The maximum Gasteiger partial charge on any atom is 0.244 e. The van der Waals surface area contributed by atoms with E-state index in [-0.39, 0.29) is 36.6 Å². The van der Waals surface area contributed by atoms with Crippen molar-refractivity contribution in [1.82, 2.24) is 14.7 Å². The third-order valence-electron chi connectivity index (χ3n) is 3.70. The van der Waals surface area contributed by atoms with Gasteiger partial charge in [-0.2, -0.15) is 5.10 Å². The van der Waals surface area contributed by atoms with Gasteiger partial charge in [0.25, 0.3) is 0 Å². The molecule has 1 N–H and O–H groups in total. The van der Waals surface area contributed by atoms with Crippen molar-refractivity contribution >= 4 is 17.5 Å². The zero-order valence-corrected chi connectivity index (χ0v) is 14.7. The number of rotatable bonds is 7. The van der Waals surface area contributed by atoms with Crippen LogP contribution in [0.2, 0.25) is 0 Å². The van der Waals surface area contributed by atoms with Crippen LogP contribution in [0.5, 0.6) is 0 Å². The van der Waals surface area contributed by atoms with Crippen molar-refractivity contribution in [3.8, 4) is 0 Å². The molecule has 0 radical (unpaired) electrons. The Morgan fingerprint density at radius 1 is 1.28 bits per heavy atom. The molecule has 0 spiro atoms. The summed E-state index contributed by atoms with van der Waals surface area (Å²) in [5.74, 6) is -0.799. The number of carbonyl (C=O) groups excluding carboxylic acids is 2. The van der Waals surface area contributed by atoms with Crippen LogP contribution in [0.15, 0.2) is 36.7 Å². The van der Waals surface area contributed by atoms with E-state index in [1.807, 2.05) is 27.0 Å². The molecule has 1 aromatic carbocycles. The van der Waals surface area contributed by atoms with Gasteiger partial charge >= 0.3 is 0 Å². The maximum absolute atomic E-state index is 12.9. The molecular formula is C18H23FN4O2. The van der Waals surface area contributed by atoms with Gasteiger partial charge in [0.05, 0.1) is 6.20 Å². The summed E-state index contributed by atoms with van der Waals surface area (Å²) in [6, 6.07) is 5.40. The van der Waals surface area contributed by atoms with Gasteiger partial charge in [-0.1, -0.05) is 0 Å². The molecule has 0 saturated carbocycles. The predicted octanol–water partition coefficient (Wildman–Crippen LogP) is 2.60. The summed E-state index contributed by atoms with van der Waals surface area (Å²) in [7, 11) is 0. The average Bonchev–Trinajstić information content (AvgIpc) is 2.98. The van der Waals surface area contributed by atoms with Crippen molar-refractivity contribution in [3.63, 3.8) is 0 Å². The predicted molar refractivity (Wildman–Crippen MR) is 93.5 cm³/mol. The number of anilines is 1. The summed E-state index contributed by atoms with van der Waals surface area (Å²) in [6.45, 7) is 6.08. The first kappa shape index (κ1) is 18.6. The second-order valence-electron chi connectivity index (χ2n) is 6.20. The van der Waals surface area contributed by atoms with E-state index in [0.29, 0.717) is 12.2 Å². The summed E-state index contributed by atoms with van der Waals surface area (Å²) < 4.78 is 14.6. The van der Waals surface area contributed by atoms with E-state index in [4.69, 9.17) is 0 Å². The van der Waals surface area contributed by atoms with E-state index in [9.17, 15) is 14.0 Å². The number of hydrogen-bond donors (Lipinski definition) is 1. The summed E-state index contributed by atoms with van der Waals surface area (Å²) in [5, 5.41) is 6.82. The monoisotopic (exact) mass is 346 g/mol. The number of amides is 2. The number of benzene rings is 1. The van der Waals surface area contributed by atoms with E-state index in [0.717, 1.165) is 5.56 Å². The fourth-order valence-corrected chi connectivity index (χ4v) is 2.39. The molecule has 7 heteroatoms. The molecule has 0 atom stereocenters. The number of nitrogens with zero attached hydrogens (tertiary/aromatic N) is 3. The topological polar surface area (TPSA) is 67.2 Å². The van der Waals surface area contributed by atoms with Crippen LogP contribution in [0.3, 0.4) is 0 Å². The quantitative estimate of drug-likeness (QED) is 0.838.